The van der Waals surface area contributed by atoms with Gasteiger partial charge in [-0.3, -0.25) is 4.79 Å². The standard InChI is InChI=1S/C13H11N3O/c14-8-11(10-4-2-1-3-5-10)16-12(17)13(9-15)6-7-13/h1-5,11H,6-7H2,(H,16,17). The minimum atomic E-state index is -0.885. The smallest absolute Gasteiger partial charge is 0.241 e. The molecule has 1 unspecified atom stereocenters. The molecule has 0 radical (unpaired) electrons. The van der Waals surface area contributed by atoms with Gasteiger partial charge in [0.1, 0.15) is 11.5 Å². The van der Waals surface area contributed by atoms with E-state index in [4.69, 9.17) is 10.5 Å². The van der Waals surface area contributed by atoms with Crippen LogP contribution < -0.4 is 5.32 Å². The summed E-state index contributed by atoms with van der Waals surface area (Å²) in [4.78, 5) is 11.8. The minimum Gasteiger partial charge on any atom is -0.335 e. The first-order chi connectivity index (χ1) is 8.22. The summed E-state index contributed by atoms with van der Waals surface area (Å²) in [5.41, 5.74) is -0.152. The molecule has 17 heavy (non-hydrogen) atoms. The summed E-state index contributed by atoms with van der Waals surface area (Å²) in [6, 6.07) is 12.4. The monoisotopic (exact) mass is 225 g/mol. The number of nitrogens with one attached hydrogen (secondary N) is 1. The Balaban J connectivity index is 2.10. The van der Waals surface area contributed by atoms with Crippen LogP contribution in [0.25, 0.3) is 0 Å². The third kappa shape index (κ3) is 2.11. The lowest BCUT2D eigenvalue weighted by Crippen LogP contribution is -2.33. The fourth-order valence-electron chi connectivity index (χ4n) is 1.62. The molecule has 2 rings (SSSR count). The molecule has 0 saturated heterocycles. The van der Waals surface area contributed by atoms with Crippen LogP contribution in [0.15, 0.2) is 30.3 Å². The lowest BCUT2D eigenvalue weighted by Gasteiger charge is -2.13. The van der Waals surface area contributed by atoms with Crippen LogP contribution in [0.2, 0.25) is 0 Å². The van der Waals surface area contributed by atoms with Gasteiger partial charge in [0.15, 0.2) is 0 Å². The van der Waals surface area contributed by atoms with Crippen molar-refractivity contribution in [3.05, 3.63) is 35.9 Å². The Bertz CT molecular complexity index is 506. The van der Waals surface area contributed by atoms with Crippen LogP contribution in [0.4, 0.5) is 0 Å². The number of amides is 1. The quantitative estimate of drug-likeness (QED) is 0.850. The van der Waals surface area contributed by atoms with E-state index < -0.39 is 11.5 Å². The number of carbonyl (C=O) groups excluding carboxylic acids is 1. The van der Waals surface area contributed by atoms with Gasteiger partial charge in [-0.05, 0) is 18.4 Å². The Morgan fingerprint density at radius 2 is 1.94 bits per heavy atom. The molecule has 0 heterocycles. The van der Waals surface area contributed by atoms with Crippen LogP contribution in [0, 0.1) is 28.1 Å². The lowest BCUT2D eigenvalue weighted by atomic mass is 10.1. The molecule has 1 atom stereocenters. The van der Waals surface area contributed by atoms with Crippen molar-refractivity contribution in [1.82, 2.24) is 5.32 Å². The van der Waals surface area contributed by atoms with E-state index in [9.17, 15) is 4.79 Å². The van der Waals surface area contributed by atoms with E-state index in [0.717, 1.165) is 5.56 Å². The zero-order chi connectivity index (χ0) is 12.3. The van der Waals surface area contributed by atoms with Gasteiger partial charge in [0.25, 0.3) is 0 Å². The molecule has 0 bridgehead atoms. The summed E-state index contributed by atoms with van der Waals surface area (Å²) in [6.07, 6.45) is 1.17. The molecule has 1 aliphatic carbocycles. The van der Waals surface area contributed by atoms with E-state index in [2.05, 4.69) is 5.32 Å². The van der Waals surface area contributed by atoms with Crippen molar-refractivity contribution in [2.45, 2.75) is 18.9 Å². The summed E-state index contributed by atoms with van der Waals surface area (Å²) in [6.45, 7) is 0. The van der Waals surface area contributed by atoms with E-state index in [1.165, 1.54) is 0 Å². The lowest BCUT2D eigenvalue weighted by molar-refractivity contribution is -0.124. The Hall–Kier alpha value is -2.33. The molecular formula is C13H11N3O. The van der Waals surface area contributed by atoms with Crippen LogP contribution in [0.1, 0.15) is 24.4 Å². The molecule has 4 nitrogen and oxygen atoms in total. The summed E-state index contributed by atoms with van der Waals surface area (Å²) in [7, 11) is 0. The number of hydrogen-bond acceptors (Lipinski definition) is 3. The second-order valence-electron chi connectivity index (χ2n) is 4.14. The largest absolute Gasteiger partial charge is 0.335 e. The molecule has 0 aliphatic heterocycles. The maximum atomic E-state index is 11.8. The van der Waals surface area contributed by atoms with Gasteiger partial charge in [-0.2, -0.15) is 10.5 Å². The highest BCUT2D eigenvalue weighted by Crippen LogP contribution is 2.45. The van der Waals surface area contributed by atoms with Gasteiger partial charge in [0.05, 0.1) is 12.1 Å². The minimum absolute atomic E-state index is 0.338. The van der Waals surface area contributed by atoms with Crippen molar-refractivity contribution in [3.8, 4) is 12.1 Å². The molecule has 0 spiro atoms. The highest BCUT2D eigenvalue weighted by atomic mass is 16.2. The van der Waals surface area contributed by atoms with Gasteiger partial charge in [-0.25, -0.2) is 0 Å². The van der Waals surface area contributed by atoms with Crippen molar-refractivity contribution < 1.29 is 4.79 Å². The Kier molecular flexibility index (Phi) is 2.80. The molecule has 1 saturated carbocycles. The first-order valence-corrected chi connectivity index (χ1v) is 5.39. The van der Waals surface area contributed by atoms with E-state index in [-0.39, 0.29) is 5.91 Å². The Morgan fingerprint density at radius 1 is 1.29 bits per heavy atom. The van der Waals surface area contributed by atoms with Crippen LogP contribution in [-0.4, -0.2) is 5.91 Å². The number of benzene rings is 1. The summed E-state index contributed by atoms with van der Waals surface area (Å²) < 4.78 is 0. The molecule has 1 amide bonds. The number of hydrogen-bond donors (Lipinski definition) is 1. The zero-order valence-electron chi connectivity index (χ0n) is 9.18. The molecule has 0 aromatic heterocycles. The molecule has 4 heteroatoms. The summed E-state index contributed by atoms with van der Waals surface area (Å²) in [5, 5.41) is 20.5. The maximum absolute atomic E-state index is 11.8. The average molecular weight is 225 g/mol. The SMILES string of the molecule is N#CC(NC(=O)C1(C#N)CC1)c1ccccc1. The van der Waals surface area contributed by atoms with Gasteiger partial charge in [0.2, 0.25) is 5.91 Å². The Labute approximate surface area is 99.5 Å². The maximum Gasteiger partial charge on any atom is 0.241 e. The highest BCUT2D eigenvalue weighted by molar-refractivity contribution is 5.88. The number of nitrogens with zero attached hydrogens (tertiary/aromatic N) is 2. The second-order valence-corrected chi connectivity index (χ2v) is 4.14. The average Bonchev–Trinajstić information content (AvgIpc) is 3.17. The van der Waals surface area contributed by atoms with Gasteiger partial charge in [0, 0.05) is 0 Å². The third-order valence-corrected chi connectivity index (χ3v) is 2.94. The van der Waals surface area contributed by atoms with E-state index >= 15 is 0 Å². The highest BCUT2D eigenvalue weighted by Gasteiger charge is 2.51. The zero-order valence-corrected chi connectivity index (χ0v) is 9.18. The predicted octanol–water partition coefficient (Wildman–Crippen LogP) is 1.67. The molecule has 1 aliphatic rings. The predicted molar refractivity (Wildman–Crippen MR) is 60.2 cm³/mol. The first kappa shape index (κ1) is 11.2. The third-order valence-electron chi connectivity index (χ3n) is 2.94. The normalized spacial score (nSPS) is 17.3. The Morgan fingerprint density at radius 3 is 2.41 bits per heavy atom. The van der Waals surface area contributed by atoms with Gasteiger partial charge < -0.3 is 5.32 Å². The van der Waals surface area contributed by atoms with E-state index in [1.807, 2.05) is 30.3 Å². The van der Waals surface area contributed by atoms with E-state index in [1.54, 1.807) is 12.1 Å². The fraction of sp³-hybridized carbons (Fsp3) is 0.308. The first-order valence-electron chi connectivity index (χ1n) is 5.39. The van der Waals surface area contributed by atoms with Crippen molar-refractivity contribution >= 4 is 5.91 Å². The fourth-order valence-corrected chi connectivity index (χ4v) is 1.62. The molecule has 1 aromatic rings. The molecule has 84 valence electrons. The van der Waals surface area contributed by atoms with Crippen molar-refractivity contribution in [1.29, 1.82) is 10.5 Å². The topological polar surface area (TPSA) is 76.7 Å². The van der Waals surface area contributed by atoms with Crippen LogP contribution >= 0.6 is 0 Å². The van der Waals surface area contributed by atoms with Crippen molar-refractivity contribution in [2.24, 2.45) is 5.41 Å². The van der Waals surface area contributed by atoms with Gasteiger partial charge >= 0.3 is 0 Å². The van der Waals surface area contributed by atoms with Crippen LogP contribution in [0.5, 0.6) is 0 Å². The molecular weight excluding hydrogens is 214 g/mol. The van der Waals surface area contributed by atoms with Crippen LogP contribution in [0.3, 0.4) is 0 Å². The summed E-state index contributed by atoms with van der Waals surface area (Å²) >= 11 is 0. The number of rotatable bonds is 3. The van der Waals surface area contributed by atoms with Crippen LogP contribution in [-0.2, 0) is 4.79 Å². The van der Waals surface area contributed by atoms with E-state index in [0.29, 0.717) is 12.8 Å². The van der Waals surface area contributed by atoms with Crippen molar-refractivity contribution in [2.75, 3.05) is 0 Å². The van der Waals surface area contributed by atoms with Gasteiger partial charge in [-0.15, -0.1) is 0 Å². The molecule has 1 fully saturated rings. The molecule has 1 aromatic carbocycles. The number of nitriles is 2. The number of carbonyl (C=O) groups is 1. The summed E-state index contributed by atoms with van der Waals surface area (Å²) in [5.74, 6) is -0.338. The van der Waals surface area contributed by atoms with Gasteiger partial charge in [-0.1, -0.05) is 30.3 Å². The van der Waals surface area contributed by atoms with Crippen molar-refractivity contribution in [3.63, 3.8) is 0 Å². The second kappa shape index (κ2) is 4.27. The molecule has 1 N–H and O–H groups in total.